The van der Waals surface area contributed by atoms with Gasteiger partial charge in [0.1, 0.15) is 0 Å². The summed E-state index contributed by atoms with van der Waals surface area (Å²) >= 11 is 0. The number of nitrogens with zero attached hydrogens (tertiary/aromatic N) is 1. The summed E-state index contributed by atoms with van der Waals surface area (Å²) in [5.74, 6) is -0.0579. The molecule has 2 fully saturated rings. The van der Waals surface area contributed by atoms with E-state index in [1.807, 2.05) is 25.2 Å². The van der Waals surface area contributed by atoms with E-state index < -0.39 is 6.10 Å². The van der Waals surface area contributed by atoms with E-state index in [9.17, 15) is 14.7 Å². The van der Waals surface area contributed by atoms with Gasteiger partial charge in [-0.2, -0.15) is 0 Å². The van der Waals surface area contributed by atoms with Crippen LogP contribution in [0, 0.1) is 0 Å². The molecule has 3 rings (SSSR count). The third kappa shape index (κ3) is 5.82. The molecule has 6 heteroatoms. The summed E-state index contributed by atoms with van der Waals surface area (Å²) in [6.07, 6.45) is 7.16. The van der Waals surface area contributed by atoms with Gasteiger partial charge in [-0.15, -0.1) is 0 Å². The van der Waals surface area contributed by atoms with Crippen LogP contribution in [-0.2, 0) is 15.0 Å². The Balaban J connectivity index is 1.68. The van der Waals surface area contributed by atoms with Crippen molar-refractivity contribution in [3.05, 3.63) is 35.9 Å². The van der Waals surface area contributed by atoms with Crippen LogP contribution in [-0.4, -0.2) is 60.1 Å². The number of carbonyl (C=O) groups is 2. The van der Waals surface area contributed by atoms with Crippen molar-refractivity contribution in [3.63, 3.8) is 0 Å². The van der Waals surface area contributed by atoms with Crippen LogP contribution in [0.4, 0.5) is 0 Å². The molecule has 1 aromatic rings. The lowest BCUT2D eigenvalue weighted by atomic mass is 9.74. The average molecular weight is 416 g/mol. The summed E-state index contributed by atoms with van der Waals surface area (Å²) in [7, 11) is 2.04. The Morgan fingerprint density at radius 1 is 1.10 bits per heavy atom. The summed E-state index contributed by atoms with van der Waals surface area (Å²) in [4.78, 5) is 26.5. The summed E-state index contributed by atoms with van der Waals surface area (Å²) in [5.41, 5.74) is 0.946. The molecule has 2 aliphatic rings. The van der Waals surface area contributed by atoms with Gasteiger partial charge in [0.25, 0.3) is 0 Å². The number of rotatable bonds is 7. The highest BCUT2D eigenvalue weighted by molar-refractivity contribution is 5.78. The summed E-state index contributed by atoms with van der Waals surface area (Å²) in [6.45, 7) is 2.46. The van der Waals surface area contributed by atoms with Crippen molar-refractivity contribution >= 4 is 11.8 Å². The monoisotopic (exact) mass is 415 g/mol. The standard InChI is InChI=1S/C24H37N3O3/c1-18(28)26-21-12-14-24(15-13-22(21)29,19-8-4-3-5-9-19)17-25-23(30)16-27(2)20-10-6-7-11-20/h3-5,8-9,20-22,29H,6-7,10-17H2,1-2H3,(H,25,30)(H,26,28)/t21-,22-,24-/m0/s1. The van der Waals surface area contributed by atoms with Crippen molar-refractivity contribution in [2.75, 3.05) is 20.1 Å². The Hall–Kier alpha value is -1.92. The first-order valence-corrected chi connectivity index (χ1v) is 11.4. The first-order valence-electron chi connectivity index (χ1n) is 11.4. The Morgan fingerprint density at radius 2 is 1.77 bits per heavy atom. The molecule has 0 unspecified atom stereocenters. The highest BCUT2D eigenvalue weighted by Crippen LogP contribution is 2.38. The SMILES string of the molecule is CC(=O)N[C@H]1CC[C@](CNC(=O)CN(C)C2CCCC2)(c2ccccc2)CC[C@@H]1O. The fraction of sp³-hybridized carbons (Fsp3) is 0.667. The maximum Gasteiger partial charge on any atom is 0.234 e. The minimum absolute atomic E-state index is 0.0583. The molecule has 2 aliphatic carbocycles. The molecule has 0 spiro atoms. The molecule has 0 heterocycles. The van der Waals surface area contributed by atoms with E-state index >= 15 is 0 Å². The maximum atomic E-state index is 12.7. The van der Waals surface area contributed by atoms with E-state index in [1.54, 1.807) is 0 Å². The topological polar surface area (TPSA) is 81.7 Å². The zero-order chi connectivity index (χ0) is 21.6. The second-order valence-corrected chi connectivity index (χ2v) is 9.23. The minimum atomic E-state index is -0.566. The van der Waals surface area contributed by atoms with Gasteiger partial charge >= 0.3 is 0 Å². The highest BCUT2D eigenvalue weighted by atomic mass is 16.3. The fourth-order valence-electron chi connectivity index (χ4n) is 5.19. The third-order valence-corrected chi connectivity index (χ3v) is 7.06. The van der Waals surface area contributed by atoms with Gasteiger partial charge < -0.3 is 15.7 Å². The zero-order valence-corrected chi connectivity index (χ0v) is 18.4. The summed E-state index contributed by atoms with van der Waals surface area (Å²) < 4.78 is 0. The number of benzene rings is 1. The van der Waals surface area contributed by atoms with Crippen LogP contribution in [0.3, 0.4) is 0 Å². The van der Waals surface area contributed by atoms with Crippen LogP contribution in [0.25, 0.3) is 0 Å². The molecule has 1 aromatic carbocycles. The predicted molar refractivity (Wildman–Crippen MR) is 118 cm³/mol. The Labute approximate surface area is 180 Å². The zero-order valence-electron chi connectivity index (χ0n) is 18.4. The molecule has 2 saturated carbocycles. The first-order chi connectivity index (χ1) is 14.4. The fourth-order valence-corrected chi connectivity index (χ4v) is 5.19. The molecule has 0 aromatic heterocycles. The second kappa shape index (κ2) is 10.4. The van der Waals surface area contributed by atoms with Gasteiger partial charge in [-0.1, -0.05) is 43.2 Å². The number of aliphatic hydroxyl groups is 1. The van der Waals surface area contributed by atoms with E-state index in [1.165, 1.54) is 38.2 Å². The Bertz CT molecular complexity index is 705. The van der Waals surface area contributed by atoms with E-state index in [-0.39, 0.29) is 23.3 Å². The third-order valence-electron chi connectivity index (χ3n) is 7.06. The van der Waals surface area contributed by atoms with Gasteiger partial charge in [-0.3, -0.25) is 14.5 Å². The lowest BCUT2D eigenvalue weighted by Crippen LogP contribution is -2.45. The van der Waals surface area contributed by atoms with Crippen LogP contribution < -0.4 is 10.6 Å². The van der Waals surface area contributed by atoms with E-state index in [2.05, 4.69) is 27.7 Å². The number of amides is 2. The van der Waals surface area contributed by atoms with Crippen molar-refractivity contribution in [1.29, 1.82) is 0 Å². The molecule has 3 N–H and O–H groups in total. The molecule has 6 nitrogen and oxygen atoms in total. The van der Waals surface area contributed by atoms with Crippen molar-refractivity contribution in [3.8, 4) is 0 Å². The number of nitrogens with one attached hydrogen (secondary N) is 2. The van der Waals surface area contributed by atoms with Crippen molar-refractivity contribution < 1.29 is 14.7 Å². The lowest BCUT2D eigenvalue weighted by molar-refractivity contribution is -0.123. The van der Waals surface area contributed by atoms with Gasteiger partial charge in [-0.25, -0.2) is 0 Å². The lowest BCUT2D eigenvalue weighted by Gasteiger charge is -2.34. The Kier molecular flexibility index (Phi) is 7.89. The van der Waals surface area contributed by atoms with Gasteiger partial charge in [0, 0.05) is 24.9 Å². The number of likely N-dealkylation sites (N-methyl/N-ethyl adjacent to an activating group) is 1. The molecule has 0 bridgehead atoms. The second-order valence-electron chi connectivity index (χ2n) is 9.23. The van der Waals surface area contributed by atoms with Crippen molar-refractivity contribution in [2.24, 2.45) is 0 Å². The molecule has 0 saturated heterocycles. The number of hydrogen-bond donors (Lipinski definition) is 3. The first kappa shape index (κ1) is 22.8. The van der Waals surface area contributed by atoms with Crippen LogP contribution in [0.5, 0.6) is 0 Å². The molecule has 30 heavy (non-hydrogen) atoms. The van der Waals surface area contributed by atoms with E-state index in [0.29, 0.717) is 32.0 Å². The van der Waals surface area contributed by atoms with Gasteiger partial charge in [0.15, 0.2) is 0 Å². The molecule has 166 valence electrons. The Morgan fingerprint density at radius 3 is 2.43 bits per heavy atom. The summed E-state index contributed by atoms with van der Waals surface area (Å²) in [5, 5.41) is 16.7. The van der Waals surface area contributed by atoms with Gasteiger partial charge in [0.2, 0.25) is 11.8 Å². The number of carbonyl (C=O) groups excluding carboxylic acids is 2. The van der Waals surface area contributed by atoms with Gasteiger partial charge in [-0.05, 0) is 51.1 Å². The highest BCUT2D eigenvalue weighted by Gasteiger charge is 2.38. The van der Waals surface area contributed by atoms with Crippen molar-refractivity contribution in [1.82, 2.24) is 15.5 Å². The van der Waals surface area contributed by atoms with Crippen LogP contribution in [0.15, 0.2) is 30.3 Å². The minimum Gasteiger partial charge on any atom is -0.391 e. The smallest absolute Gasteiger partial charge is 0.234 e. The molecular formula is C24H37N3O3. The van der Waals surface area contributed by atoms with Crippen LogP contribution >= 0.6 is 0 Å². The molecule has 0 aliphatic heterocycles. The van der Waals surface area contributed by atoms with Crippen LogP contribution in [0.2, 0.25) is 0 Å². The molecule has 2 amide bonds. The van der Waals surface area contributed by atoms with Crippen LogP contribution in [0.1, 0.15) is 63.9 Å². The van der Waals surface area contributed by atoms with E-state index in [0.717, 1.165) is 12.8 Å². The normalized spacial score (nSPS) is 27.6. The summed E-state index contributed by atoms with van der Waals surface area (Å²) in [6, 6.07) is 10.6. The van der Waals surface area contributed by atoms with E-state index in [4.69, 9.17) is 0 Å². The predicted octanol–water partition coefficient (Wildman–Crippen LogP) is 2.35. The average Bonchev–Trinajstić information content (AvgIpc) is 3.22. The number of aliphatic hydroxyl groups excluding tert-OH is 1. The quantitative estimate of drug-likeness (QED) is 0.597. The van der Waals surface area contributed by atoms with Crippen molar-refractivity contribution in [2.45, 2.75) is 81.9 Å². The number of hydrogen-bond acceptors (Lipinski definition) is 4. The van der Waals surface area contributed by atoms with Gasteiger partial charge in [0.05, 0.1) is 18.7 Å². The largest absolute Gasteiger partial charge is 0.391 e. The maximum absolute atomic E-state index is 12.7. The molecule has 0 radical (unpaired) electrons. The molecular weight excluding hydrogens is 378 g/mol. The molecule has 3 atom stereocenters.